The van der Waals surface area contributed by atoms with Crippen molar-refractivity contribution in [3.8, 4) is 0 Å². The molecule has 82 valence electrons. The summed E-state index contributed by atoms with van der Waals surface area (Å²) in [5, 5.41) is 10.2. The number of Topliss-reactive ketones (excluding diaryl/α,β-unsaturated/α-hetero) is 1. The highest BCUT2D eigenvalue weighted by Crippen LogP contribution is 2.24. The van der Waals surface area contributed by atoms with Crippen molar-refractivity contribution in [3.63, 3.8) is 0 Å². The van der Waals surface area contributed by atoms with Crippen molar-refractivity contribution < 1.29 is 23.2 Å². The first-order valence-corrected chi connectivity index (χ1v) is 3.90. The third-order valence-corrected chi connectivity index (χ3v) is 1.61. The largest absolute Gasteiger partial charge is 0.433 e. The lowest BCUT2D eigenvalue weighted by Gasteiger charge is -2.17. The number of halogens is 3. The molecule has 0 amide bonds. The number of hydrogen-bond acceptors (Lipinski definition) is 3. The van der Waals surface area contributed by atoms with Crippen molar-refractivity contribution in [2.75, 3.05) is 0 Å². The Balaban J connectivity index is 4.61. The summed E-state index contributed by atoms with van der Waals surface area (Å²) in [4.78, 5) is 11.2. The lowest BCUT2D eigenvalue weighted by molar-refractivity contribution is -0.126. The topological polar surface area (TPSA) is 49.7 Å². The van der Waals surface area contributed by atoms with Gasteiger partial charge in [-0.3, -0.25) is 4.79 Å². The average molecular weight is 211 g/mol. The van der Waals surface area contributed by atoms with Crippen LogP contribution in [0.4, 0.5) is 13.2 Å². The van der Waals surface area contributed by atoms with Crippen LogP contribution in [0.25, 0.3) is 0 Å². The molecule has 6 heteroatoms. The van der Waals surface area contributed by atoms with Crippen LogP contribution in [0.3, 0.4) is 0 Å². The normalized spacial score (nSPS) is 14.3. The van der Waals surface area contributed by atoms with E-state index >= 15 is 0 Å². The smallest absolute Gasteiger partial charge is 0.411 e. The summed E-state index contributed by atoms with van der Waals surface area (Å²) in [7, 11) is 0. The summed E-state index contributed by atoms with van der Waals surface area (Å²) >= 11 is 0. The maximum absolute atomic E-state index is 12.0. The highest BCUT2D eigenvalue weighted by Gasteiger charge is 2.39. The van der Waals surface area contributed by atoms with Gasteiger partial charge < -0.3 is 5.21 Å². The molecule has 1 N–H and O–H groups in total. The summed E-state index contributed by atoms with van der Waals surface area (Å²) in [5.41, 5.74) is -2.33. The van der Waals surface area contributed by atoms with Gasteiger partial charge in [-0.1, -0.05) is 25.9 Å². The summed E-state index contributed by atoms with van der Waals surface area (Å²) in [6.07, 6.45) is -5.65. The zero-order valence-electron chi connectivity index (χ0n) is 8.14. The molecular weight excluding hydrogens is 199 g/mol. The minimum Gasteiger partial charge on any atom is -0.411 e. The molecule has 14 heavy (non-hydrogen) atoms. The Labute approximate surface area is 79.6 Å². The van der Waals surface area contributed by atoms with Gasteiger partial charge in [-0.15, -0.1) is 0 Å². The fraction of sp³-hybridized carbons (Fsp3) is 0.750. The second-order valence-electron chi connectivity index (χ2n) is 3.89. The van der Waals surface area contributed by atoms with E-state index in [-0.39, 0.29) is 0 Å². The predicted octanol–water partition coefficient (Wildman–Crippen LogP) is 2.38. The zero-order valence-corrected chi connectivity index (χ0v) is 8.14. The van der Waals surface area contributed by atoms with Gasteiger partial charge in [0.15, 0.2) is 5.71 Å². The number of carbonyl (C=O) groups excluding carboxylic acids is 1. The van der Waals surface area contributed by atoms with Crippen LogP contribution in [-0.2, 0) is 4.79 Å². The van der Waals surface area contributed by atoms with Crippen LogP contribution >= 0.6 is 0 Å². The summed E-state index contributed by atoms with van der Waals surface area (Å²) in [6, 6.07) is 0. The van der Waals surface area contributed by atoms with E-state index in [9.17, 15) is 18.0 Å². The fourth-order valence-electron chi connectivity index (χ4n) is 0.610. The Hall–Kier alpha value is -1.07. The van der Waals surface area contributed by atoms with E-state index in [2.05, 4.69) is 5.16 Å². The summed E-state index contributed by atoms with van der Waals surface area (Å²) < 4.78 is 36.1. The fourth-order valence-corrected chi connectivity index (χ4v) is 0.610. The third-order valence-electron chi connectivity index (χ3n) is 1.61. The van der Waals surface area contributed by atoms with Gasteiger partial charge in [-0.2, -0.15) is 13.2 Å². The predicted molar refractivity (Wildman–Crippen MR) is 44.4 cm³/mol. The van der Waals surface area contributed by atoms with Gasteiger partial charge in [0.05, 0.1) is 6.42 Å². The SMILES string of the molecule is CC(C)(C)C(=O)C/C(=N\O)C(F)(F)F. The lowest BCUT2D eigenvalue weighted by atomic mass is 9.88. The van der Waals surface area contributed by atoms with Gasteiger partial charge in [-0.25, -0.2) is 0 Å². The van der Waals surface area contributed by atoms with Crippen LogP contribution in [0.5, 0.6) is 0 Å². The summed E-state index contributed by atoms with van der Waals surface area (Å²) in [6.45, 7) is 4.50. The number of alkyl halides is 3. The average Bonchev–Trinajstić information content (AvgIpc) is 1.95. The van der Waals surface area contributed by atoms with Gasteiger partial charge in [-0.05, 0) is 0 Å². The molecule has 0 unspecified atom stereocenters. The number of carbonyl (C=O) groups is 1. The molecule has 0 aliphatic rings. The zero-order chi connectivity index (χ0) is 11.6. The van der Waals surface area contributed by atoms with E-state index in [1.54, 1.807) is 0 Å². The second kappa shape index (κ2) is 3.98. The molecule has 0 aromatic carbocycles. The number of oxime groups is 1. The number of hydrogen-bond donors (Lipinski definition) is 1. The first kappa shape index (κ1) is 12.9. The molecule has 0 fully saturated rings. The Kier molecular flexibility index (Phi) is 3.67. The number of nitrogens with zero attached hydrogens (tertiary/aromatic N) is 1. The molecule has 0 bridgehead atoms. The molecule has 0 saturated heterocycles. The summed E-state index contributed by atoms with van der Waals surface area (Å²) in [5.74, 6) is -0.623. The van der Waals surface area contributed by atoms with Crippen LogP contribution in [0.2, 0.25) is 0 Å². The second-order valence-corrected chi connectivity index (χ2v) is 3.89. The molecule has 0 aliphatic heterocycles. The van der Waals surface area contributed by atoms with E-state index in [0.717, 1.165) is 0 Å². The van der Waals surface area contributed by atoms with Gasteiger partial charge in [0, 0.05) is 5.41 Å². The molecule has 0 aromatic heterocycles. The molecule has 0 rings (SSSR count). The standard InChI is InChI=1S/C8H12F3NO2/c1-7(2,3)6(13)4-5(12-14)8(9,10)11/h14H,4H2,1-3H3/b12-5+. The van der Waals surface area contributed by atoms with Gasteiger partial charge in [0.25, 0.3) is 0 Å². The van der Waals surface area contributed by atoms with Crippen molar-refractivity contribution in [1.29, 1.82) is 0 Å². The Morgan fingerprint density at radius 2 is 1.71 bits per heavy atom. The van der Waals surface area contributed by atoms with Crippen molar-refractivity contribution in [3.05, 3.63) is 0 Å². The molecule has 0 aromatic rings. The van der Waals surface area contributed by atoms with Crippen LogP contribution in [0.1, 0.15) is 27.2 Å². The van der Waals surface area contributed by atoms with Crippen LogP contribution in [0, 0.1) is 5.41 Å². The molecule has 0 atom stereocenters. The Morgan fingerprint density at radius 3 is 1.93 bits per heavy atom. The van der Waals surface area contributed by atoms with Gasteiger partial charge in [0.2, 0.25) is 0 Å². The number of ketones is 1. The lowest BCUT2D eigenvalue weighted by Crippen LogP contribution is -2.30. The van der Waals surface area contributed by atoms with E-state index in [0.29, 0.717) is 0 Å². The molecule has 0 aliphatic carbocycles. The maximum Gasteiger partial charge on any atom is 0.433 e. The minimum atomic E-state index is -4.75. The van der Waals surface area contributed by atoms with E-state index in [1.165, 1.54) is 20.8 Å². The minimum absolute atomic E-state index is 0.623. The number of rotatable bonds is 2. The molecule has 0 heterocycles. The van der Waals surface area contributed by atoms with Gasteiger partial charge >= 0.3 is 6.18 Å². The third kappa shape index (κ3) is 3.76. The monoisotopic (exact) mass is 211 g/mol. The van der Waals surface area contributed by atoms with Crippen molar-refractivity contribution in [2.45, 2.75) is 33.4 Å². The molecule has 0 spiro atoms. The van der Waals surface area contributed by atoms with Crippen molar-refractivity contribution >= 4 is 11.5 Å². The van der Waals surface area contributed by atoms with E-state index in [4.69, 9.17) is 5.21 Å². The first-order valence-electron chi connectivity index (χ1n) is 3.90. The maximum atomic E-state index is 12.0. The first-order chi connectivity index (χ1) is 6.09. The van der Waals surface area contributed by atoms with E-state index in [1.807, 2.05) is 0 Å². The Bertz CT molecular complexity index is 250. The molecular formula is C8H12F3NO2. The van der Waals surface area contributed by atoms with Crippen LogP contribution < -0.4 is 0 Å². The van der Waals surface area contributed by atoms with Crippen LogP contribution in [0.15, 0.2) is 5.16 Å². The highest BCUT2D eigenvalue weighted by molar-refractivity contribution is 6.06. The van der Waals surface area contributed by atoms with E-state index < -0.39 is 29.5 Å². The van der Waals surface area contributed by atoms with Crippen molar-refractivity contribution in [2.24, 2.45) is 10.6 Å². The van der Waals surface area contributed by atoms with Crippen molar-refractivity contribution in [1.82, 2.24) is 0 Å². The molecule has 3 nitrogen and oxygen atoms in total. The molecule has 0 saturated carbocycles. The highest BCUT2D eigenvalue weighted by atomic mass is 19.4. The Morgan fingerprint density at radius 1 is 1.29 bits per heavy atom. The quantitative estimate of drug-likeness (QED) is 0.433. The van der Waals surface area contributed by atoms with Crippen LogP contribution in [-0.4, -0.2) is 22.9 Å². The van der Waals surface area contributed by atoms with Gasteiger partial charge in [0.1, 0.15) is 5.78 Å². The molecule has 0 radical (unpaired) electrons.